The van der Waals surface area contributed by atoms with Crippen LogP contribution in [0.15, 0.2) is 16.8 Å². The summed E-state index contributed by atoms with van der Waals surface area (Å²) in [6.45, 7) is 4.87. The number of hydrogen-bond donors (Lipinski definition) is 1. The highest BCUT2D eigenvalue weighted by Gasteiger charge is 2.30. The quantitative estimate of drug-likeness (QED) is 0.823. The Hall–Kier alpha value is -0.380. The van der Waals surface area contributed by atoms with Crippen molar-refractivity contribution >= 4 is 11.3 Å². The highest BCUT2D eigenvalue weighted by atomic mass is 32.1. The zero-order chi connectivity index (χ0) is 10.0. The molecular formula is C11H17NOS. The number of likely N-dealkylation sites (tertiary alicyclic amines) is 1. The average Bonchev–Trinajstić information content (AvgIpc) is 2.70. The Balaban J connectivity index is 1.78. The minimum Gasteiger partial charge on any atom is -0.389 e. The fourth-order valence-electron chi connectivity index (χ4n) is 1.95. The first-order valence-corrected chi connectivity index (χ1v) is 6.06. The average molecular weight is 211 g/mol. The van der Waals surface area contributed by atoms with Crippen molar-refractivity contribution in [1.29, 1.82) is 0 Å². The molecule has 0 aliphatic carbocycles. The summed E-state index contributed by atoms with van der Waals surface area (Å²) in [5.74, 6) is 0. The largest absolute Gasteiger partial charge is 0.389 e. The van der Waals surface area contributed by atoms with E-state index < -0.39 is 5.60 Å². The number of rotatable bonds is 3. The summed E-state index contributed by atoms with van der Waals surface area (Å²) in [6.07, 6.45) is 2.02. The molecule has 1 N–H and O–H groups in total. The molecule has 1 aromatic heterocycles. The highest BCUT2D eigenvalue weighted by molar-refractivity contribution is 7.07. The monoisotopic (exact) mass is 211 g/mol. The van der Waals surface area contributed by atoms with Crippen LogP contribution in [0.2, 0.25) is 0 Å². The van der Waals surface area contributed by atoms with Gasteiger partial charge in [-0.25, -0.2) is 0 Å². The molecule has 2 rings (SSSR count). The molecule has 0 amide bonds. The normalized spacial score (nSPS) is 28.4. The number of thiophene rings is 1. The Labute approximate surface area is 89.2 Å². The zero-order valence-corrected chi connectivity index (χ0v) is 9.39. The molecule has 1 aliphatic heterocycles. The van der Waals surface area contributed by atoms with E-state index in [1.54, 1.807) is 11.3 Å². The first-order chi connectivity index (χ1) is 6.66. The molecule has 1 aliphatic rings. The molecule has 78 valence electrons. The molecule has 0 bridgehead atoms. The van der Waals surface area contributed by atoms with E-state index in [4.69, 9.17) is 0 Å². The molecular weight excluding hydrogens is 194 g/mol. The van der Waals surface area contributed by atoms with Crippen LogP contribution in [-0.4, -0.2) is 35.2 Å². The summed E-state index contributed by atoms with van der Waals surface area (Å²) >= 11 is 1.75. The Morgan fingerprint density at radius 1 is 1.64 bits per heavy atom. The van der Waals surface area contributed by atoms with Gasteiger partial charge in [0.15, 0.2) is 0 Å². The van der Waals surface area contributed by atoms with Gasteiger partial charge in [0, 0.05) is 19.6 Å². The Morgan fingerprint density at radius 3 is 3.07 bits per heavy atom. The van der Waals surface area contributed by atoms with E-state index in [0.29, 0.717) is 0 Å². The maximum Gasteiger partial charge on any atom is 0.0758 e. The minimum absolute atomic E-state index is 0.450. The molecule has 1 unspecified atom stereocenters. The van der Waals surface area contributed by atoms with E-state index in [9.17, 15) is 5.11 Å². The van der Waals surface area contributed by atoms with Crippen molar-refractivity contribution in [3.05, 3.63) is 22.4 Å². The van der Waals surface area contributed by atoms with Crippen molar-refractivity contribution < 1.29 is 5.11 Å². The number of β-amino-alcohol motifs (C(OH)–C–C–N with tert-alkyl or cyclic N) is 1. The molecule has 2 heterocycles. The highest BCUT2D eigenvalue weighted by Crippen LogP contribution is 2.20. The molecule has 1 saturated heterocycles. The molecule has 1 fully saturated rings. The van der Waals surface area contributed by atoms with Gasteiger partial charge in [0.2, 0.25) is 0 Å². The SMILES string of the molecule is CC1(O)CCN(CCc2ccsc2)C1. The summed E-state index contributed by atoms with van der Waals surface area (Å²) in [5, 5.41) is 14.1. The van der Waals surface area contributed by atoms with Gasteiger partial charge in [0.1, 0.15) is 0 Å². The summed E-state index contributed by atoms with van der Waals surface area (Å²) in [7, 11) is 0. The van der Waals surface area contributed by atoms with Crippen molar-refractivity contribution in [2.45, 2.75) is 25.4 Å². The summed E-state index contributed by atoms with van der Waals surface area (Å²) in [5.41, 5.74) is 0.968. The predicted molar refractivity (Wildman–Crippen MR) is 59.7 cm³/mol. The van der Waals surface area contributed by atoms with Crippen molar-refractivity contribution in [3.63, 3.8) is 0 Å². The van der Waals surface area contributed by atoms with Crippen molar-refractivity contribution in [3.8, 4) is 0 Å². The van der Waals surface area contributed by atoms with Crippen LogP contribution in [0, 0.1) is 0 Å². The second-order valence-electron chi connectivity index (χ2n) is 4.40. The van der Waals surface area contributed by atoms with E-state index in [2.05, 4.69) is 21.7 Å². The van der Waals surface area contributed by atoms with E-state index in [1.165, 1.54) is 5.56 Å². The summed E-state index contributed by atoms with van der Waals surface area (Å²) in [4.78, 5) is 2.34. The number of aliphatic hydroxyl groups is 1. The maximum absolute atomic E-state index is 9.78. The fourth-order valence-corrected chi connectivity index (χ4v) is 2.65. The standard InChI is InChI=1S/C11H17NOS/c1-11(13)4-6-12(9-11)5-2-10-3-7-14-8-10/h3,7-8,13H,2,4-6,9H2,1H3. The zero-order valence-electron chi connectivity index (χ0n) is 8.57. The second-order valence-corrected chi connectivity index (χ2v) is 5.18. The Kier molecular flexibility index (Phi) is 2.91. The van der Waals surface area contributed by atoms with E-state index in [0.717, 1.165) is 32.5 Å². The molecule has 1 atom stereocenters. The second kappa shape index (κ2) is 4.01. The third-order valence-corrected chi connectivity index (χ3v) is 3.56. The summed E-state index contributed by atoms with van der Waals surface area (Å²) in [6, 6.07) is 2.18. The van der Waals surface area contributed by atoms with Gasteiger partial charge in [0.05, 0.1) is 5.60 Å². The van der Waals surface area contributed by atoms with Crippen molar-refractivity contribution in [2.24, 2.45) is 0 Å². The molecule has 0 spiro atoms. The van der Waals surface area contributed by atoms with Gasteiger partial charge in [-0.2, -0.15) is 11.3 Å². The molecule has 1 aromatic rings. The molecule has 14 heavy (non-hydrogen) atoms. The lowest BCUT2D eigenvalue weighted by atomic mass is 10.1. The number of hydrogen-bond acceptors (Lipinski definition) is 3. The lowest BCUT2D eigenvalue weighted by Gasteiger charge is -2.18. The third kappa shape index (κ3) is 2.56. The van der Waals surface area contributed by atoms with E-state index in [-0.39, 0.29) is 0 Å². The lowest BCUT2D eigenvalue weighted by Crippen LogP contribution is -2.30. The number of nitrogens with zero attached hydrogens (tertiary/aromatic N) is 1. The molecule has 0 saturated carbocycles. The van der Waals surface area contributed by atoms with Gasteiger partial charge in [-0.3, -0.25) is 0 Å². The van der Waals surface area contributed by atoms with Crippen molar-refractivity contribution in [2.75, 3.05) is 19.6 Å². The lowest BCUT2D eigenvalue weighted by molar-refractivity contribution is 0.0690. The van der Waals surface area contributed by atoms with Crippen LogP contribution in [0.1, 0.15) is 18.9 Å². The van der Waals surface area contributed by atoms with Crippen LogP contribution >= 0.6 is 11.3 Å². The third-order valence-electron chi connectivity index (χ3n) is 2.83. The van der Waals surface area contributed by atoms with Gasteiger partial charge < -0.3 is 10.0 Å². The van der Waals surface area contributed by atoms with E-state index in [1.807, 2.05) is 6.92 Å². The van der Waals surface area contributed by atoms with Gasteiger partial charge in [-0.05, 0) is 42.2 Å². The van der Waals surface area contributed by atoms with Crippen LogP contribution in [0.5, 0.6) is 0 Å². The van der Waals surface area contributed by atoms with Gasteiger partial charge in [0.25, 0.3) is 0 Å². The maximum atomic E-state index is 9.78. The Bertz CT molecular complexity index is 281. The van der Waals surface area contributed by atoms with Crippen LogP contribution in [0.3, 0.4) is 0 Å². The first-order valence-electron chi connectivity index (χ1n) is 5.12. The van der Waals surface area contributed by atoms with Crippen LogP contribution in [0.4, 0.5) is 0 Å². The minimum atomic E-state index is -0.450. The predicted octanol–water partition coefficient (Wildman–Crippen LogP) is 1.75. The smallest absolute Gasteiger partial charge is 0.0758 e. The van der Waals surface area contributed by atoms with Gasteiger partial charge in [-0.15, -0.1) is 0 Å². The molecule has 0 aromatic carbocycles. The summed E-state index contributed by atoms with van der Waals surface area (Å²) < 4.78 is 0. The van der Waals surface area contributed by atoms with Crippen LogP contribution in [0.25, 0.3) is 0 Å². The first kappa shape index (κ1) is 10.1. The van der Waals surface area contributed by atoms with Crippen molar-refractivity contribution in [1.82, 2.24) is 4.90 Å². The molecule has 0 radical (unpaired) electrons. The topological polar surface area (TPSA) is 23.5 Å². The van der Waals surface area contributed by atoms with Crippen LogP contribution < -0.4 is 0 Å². The molecule has 2 nitrogen and oxygen atoms in total. The Morgan fingerprint density at radius 2 is 2.50 bits per heavy atom. The fraction of sp³-hybridized carbons (Fsp3) is 0.636. The van der Waals surface area contributed by atoms with E-state index >= 15 is 0 Å². The van der Waals surface area contributed by atoms with Gasteiger partial charge >= 0.3 is 0 Å². The molecule has 3 heteroatoms. The van der Waals surface area contributed by atoms with Gasteiger partial charge in [-0.1, -0.05) is 0 Å². The van der Waals surface area contributed by atoms with Crippen LogP contribution in [-0.2, 0) is 6.42 Å².